The lowest BCUT2D eigenvalue weighted by Crippen LogP contribution is -2.13. The van der Waals surface area contributed by atoms with E-state index in [1.54, 1.807) is 18.2 Å². The summed E-state index contributed by atoms with van der Waals surface area (Å²) < 4.78 is 0. The van der Waals surface area contributed by atoms with Crippen LogP contribution in [-0.2, 0) is 0 Å². The third kappa shape index (κ3) is 2.79. The van der Waals surface area contributed by atoms with Crippen molar-refractivity contribution in [3.05, 3.63) is 53.1 Å². The molecule has 1 aromatic heterocycles. The Balaban J connectivity index is 2.19. The highest BCUT2D eigenvalue weighted by Gasteiger charge is 2.07. The maximum absolute atomic E-state index is 11.8. The second-order valence-corrected chi connectivity index (χ2v) is 3.98. The molecule has 0 aliphatic heterocycles. The number of amides is 1. The van der Waals surface area contributed by atoms with Gasteiger partial charge in [-0.25, -0.2) is 9.97 Å². The van der Waals surface area contributed by atoms with Crippen molar-refractivity contribution in [2.24, 2.45) is 0 Å². The Labute approximate surface area is 104 Å². The van der Waals surface area contributed by atoms with Crippen LogP contribution in [0.2, 0.25) is 5.02 Å². The van der Waals surface area contributed by atoms with Crippen LogP contribution in [0, 0.1) is 6.92 Å². The van der Waals surface area contributed by atoms with E-state index < -0.39 is 0 Å². The number of aromatic nitrogens is 2. The first-order chi connectivity index (χ1) is 8.16. The Morgan fingerprint density at radius 3 is 2.65 bits per heavy atom. The van der Waals surface area contributed by atoms with E-state index in [4.69, 9.17) is 11.6 Å². The van der Waals surface area contributed by atoms with E-state index in [9.17, 15) is 4.79 Å². The van der Waals surface area contributed by atoms with Crippen LogP contribution >= 0.6 is 11.6 Å². The third-order valence-corrected chi connectivity index (χ3v) is 2.49. The van der Waals surface area contributed by atoms with E-state index in [0.29, 0.717) is 10.6 Å². The number of halogens is 1. The van der Waals surface area contributed by atoms with Gasteiger partial charge >= 0.3 is 0 Å². The van der Waals surface area contributed by atoms with Crippen molar-refractivity contribution in [3.63, 3.8) is 0 Å². The third-order valence-electron chi connectivity index (χ3n) is 2.26. The number of nitrogens with one attached hydrogen (secondary N) is 1. The first kappa shape index (κ1) is 11.5. The summed E-state index contributed by atoms with van der Waals surface area (Å²) in [6.07, 6.45) is 4.31. The molecule has 0 saturated heterocycles. The zero-order valence-corrected chi connectivity index (χ0v) is 9.90. The maximum Gasteiger partial charge on any atom is 0.258 e. The Morgan fingerprint density at radius 1 is 1.29 bits per heavy atom. The van der Waals surface area contributed by atoms with Crippen molar-refractivity contribution in [1.29, 1.82) is 0 Å². The van der Waals surface area contributed by atoms with Crippen molar-refractivity contribution in [2.75, 3.05) is 5.32 Å². The van der Waals surface area contributed by atoms with Crippen LogP contribution in [-0.4, -0.2) is 15.9 Å². The molecular weight excluding hydrogens is 238 g/mol. The molecule has 4 nitrogen and oxygen atoms in total. The number of nitrogens with zero attached hydrogens (tertiary/aromatic N) is 2. The molecule has 2 rings (SSSR count). The second kappa shape index (κ2) is 4.93. The maximum atomic E-state index is 11.8. The van der Waals surface area contributed by atoms with Crippen LogP contribution < -0.4 is 5.32 Å². The highest BCUT2D eigenvalue weighted by atomic mass is 35.5. The van der Waals surface area contributed by atoms with Crippen LogP contribution in [0.3, 0.4) is 0 Å². The zero-order valence-electron chi connectivity index (χ0n) is 9.14. The molecule has 1 amide bonds. The fraction of sp³-hybridized carbons (Fsp3) is 0.0833. The van der Waals surface area contributed by atoms with Gasteiger partial charge in [-0.15, -0.1) is 0 Å². The van der Waals surface area contributed by atoms with E-state index in [1.165, 1.54) is 18.7 Å². The molecule has 0 atom stereocenters. The minimum absolute atomic E-state index is 0.240. The van der Waals surface area contributed by atoms with Crippen molar-refractivity contribution < 1.29 is 4.79 Å². The minimum atomic E-state index is -0.240. The summed E-state index contributed by atoms with van der Waals surface area (Å²) in [5, 5.41) is 3.42. The van der Waals surface area contributed by atoms with Crippen LogP contribution in [0.4, 0.5) is 5.69 Å². The number of carbonyl (C=O) groups excluding carboxylic acids is 1. The summed E-state index contributed by atoms with van der Waals surface area (Å²) in [5.74, 6) is -0.240. The first-order valence-corrected chi connectivity index (χ1v) is 5.37. The van der Waals surface area contributed by atoms with Crippen LogP contribution in [0.5, 0.6) is 0 Å². The minimum Gasteiger partial charge on any atom is -0.322 e. The van der Waals surface area contributed by atoms with Gasteiger partial charge in [-0.05, 0) is 30.7 Å². The van der Waals surface area contributed by atoms with Crippen LogP contribution in [0.25, 0.3) is 0 Å². The number of hydrogen-bond donors (Lipinski definition) is 1. The highest BCUT2D eigenvalue weighted by molar-refractivity contribution is 6.30. The molecule has 17 heavy (non-hydrogen) atoms. The Bertz CT molecular complexity index is 543. The Hall–Kier alpha value is -1.94. The number of benzene rings is 1. The topological polar surface area (TPSA) is 54.9 Å². The van der Waals surface area contributed by atoms with E-state index in [0.717, 1.165) is 11.3 Å². The van der Waals surface area contributed by atoms with Crippen LogP contribution in [0.1, 0.15) is 15.9 Å². The molecule has 1 N–H and O–H groups in total. The Kier molecular flexibility index (Phi) is 3.35. The lowest BCUT2D eigenvalue weighted by molar-refractivity contribution is 0.102. The van der Waals surface area contributed by atoms with E-state index in [1.807, 2.05) is 6.92 Å². The molecule has 0 spiro atoms. The van der Waals surface area contributed by atoms with Gasteiger partial charge in [-0.1, -0.05) is 11.6 Å². The molecule has 0 aliphatic carbocycles. The summed E-state index contributed by atoms with van der Waals surface area (Å²) in [5.41, 5.74) is 2.05. The molecule has 0 fully saturated rings. The molecule has 0 aliphatic rings. The summed E-state index contributed by atoms with van der Waals surface area (Å²) >= 11 is 5.84. The largest absolute Gasteiger partial charge is 0.322 e. The van der Waals surface area contributed by atoms with Gasteiger partial charge in [0.05, 0.1) is 5.56 Å². The second-order valence-electron chi connectivity index (χ2n) is 3.54. The average molecular weight is 248 g/mol. The predicted octanol–water partition coefficient (Wildman–Crippen LogP) is 2.69. The molecule has 0 radical (unpaired) electrons. The number of hydrogen-bond acceptors (Lipinski definition) is 3. The zero-order chi connectivity index (χ0) is 12.3. The fourth-order valence-corrected chi connectivity index (χ4v) is 1.60. The quantitative estimate of drug-likeness (QED) is 0.888. The standard InChI is InChI=1S/C12H10ClN3O/c1-8-4-10(13)2-3-11(8)16-12(17)9-5-14-7-15-6-9/h2-7H,1H3,(H,16,17). The normalized spacial score (nSPS) is 10.0. The van der Waals surface area contributed by atoms with Gasteiger partial charge in [0.2, 0.25) is 0 Å². The van der Waals surface area contributed by atoms with Crippen LogP contribution in [0.15, 0.2) is 36.9 Å². The molecular formula is C12H10ClN3O. The fourth-order valence-electron chi connectivity index (χ4n) is 1.38. The van der Waals surface area contributed by atoms with E-state index in [-0.39, 0.29) is 5.91 Å². The van der Waals surface area contributed by atoms with Gasteiger partial charge in [0.15, 0.2) is 0 Å². The van der Waals surface area contributed by atoms with Crippen molar-refractivity contribution >= 4 is 23.2 Å². The molecule has 1 heterocycles. The number of anilines is 1. The number of rotatable bonds is 2. The average Bonchev–Trinajstić information content (AvgIpc) is 2.34. The summed E-state index contributed by atoms with van der Waals surface area (Å²) in [6.45, 7) is 1.88. The number of aryl methyl sites for hydroxylation is 1. The monoisotopic (exact) mass is 247 g/mol. The van der Waals surface area contributed by atoms with Crippen molar-refractivity contribution in [3.8, 4) is 0 Å². The van der Waals surface area contributed by atoms with Crippen molar-refractivity contribution in [2.45, 2.75) is 6.92 Å². The van der Waals surface area contributed by atoms with Gasteiger partial charge in [0.25, 0.3) is 5.91 Å². The molecule has 86 valence electrons. The molecule has 1 aromatic carbocycles. The molecule has 0 bridgehead atoms. The van der Waals surface area contributed by atoms with E-state index in [2.05, 4.69) is 15.3 Å². The van der Waals surface area contributed by atoms with Gasteiger partial charge in [-0.3, -0.25) is 4.79 Å². The van der Waals surface area contributed by atoms with Gasteiger partial charge in [0.1, 0.15) is 6.33 Å². The SMILES string of the molecule is Cc1cc(Cl)ccc1NC(=O)c1cncnc1. The van der Waals surface area contributed by atoms with E-state index >= 15 is 0 Å². The molecule has 2 aromatic rings. The number of carbonyl (C=O) groups is 1. The highest BCUT2D eigenvalue weighted by Crippen LogP contribution is 2.19. The first-order valence-electron chi connectivity index (χ1n) is 4.99. The predicted molar refractivity (Wildman–Crippen MR) is 66.2 cm³/mol. The smallest absolute Gasteiger partial charge is 0.258 e. The summed E-state index contributed by atoms with van der Waals surface area (Å²) in [4.78, 5) is 19.4. The van der Waals surface area contributed by atoms with Gasteiger partial charge in [0, 0.05) is 23.1 Å². The summed E-state index contributed by atoms with van der Waals surface area (Å²) in [7, 11) is 0. The summed E-state index contributed by atoms with van der Waals surface area (Å²) in [6, 6.07) is 5.28. The van der Waals surface area contributed by atoms with Gasteiger partial charge in [-0.2, -0.15) is 0 Å². The van der Waals surface area contributed by atoms with Crippen molar-refractivity contribution in [1.82, 2.24) is 9.97 Å². The molecule has 5 heteroatoms. The lowest BCUT2D eigenvalue weighted by atomic mass is 10.2. The van der Waals surface area contributed by atoms with Gasteiger partial charge < -0.3 is 5.32 Å². The lowest BCUT2D eigenvalue weighted by Gasteiger charge is -2.08. The molecule has 0 unspecified atom stereocenters. The molecule has 0 saturated carbocycles. The Morgan fingerprint density at radius 2 is 2.00 bits per heavy atom.